The number of hydrogen-bond donors (Lipinski definition) is 1. The molecular weight excluding hydrogens is 282 g/mol. The Hall–Kier alpha value is -1.51. The molecule has 0 atom stereocenters. The van der Waals surface area contributed by atoms with Crippen molar-refractivity contribution in [2.24, 2.45) is 0 Å². The van der Waals surface area contributed by atoms with Gasteiger partial charge in [-0.3, -0.25) is 9.78 Å². The Morgan fingerprint density at radius 2 is 2.05 bits per heavy atom. The summed E-state index contributed by atoms with van der Waals surface area (Å²) >= 11 is 0. The Bertz CT molecular complexity index is 531. The standard InChI is InChI=1S/C12H19N3O4S/c1-14(2)6-7-15(20(18,19)10-12(16)17)9-11-4-3-5-13-8-11/h3-5,8H,6-7,9-10H2,1-2H3,(H,16,17). The van der Waals surface area contributed by atoms with Crippen LogP contribution in [0.2, 0.25) is 0 Å². The molecule has 20 heavy (non-hydrogen) atoms. The predicted octanol–water partition coefficient (Wildman–Crippen LogP) is -0.140. The number of carboxylic acid groups (broad SMARTS) is 1. The topological polar surface area (TPSA) is 90.8 Å². The SMILES string of the molecule is CN(C)CCN(Cc1cccnc1)S(=O)(=O)CC(=O)O. The number of nitrogens with zero attached hydrogens (tertiary/aromatic N) is 3. The zero-order valence-corrected chi connectivity index (χ0v) is 12.4. The summed E-state index contributed by atoms with van der Waals surface area (Å²) in [6.45, 7) is 0.869. The van der Waals surface area contributed by atoms with E-state index in [-0.39, 0.29) is 13.1 Å². The largest absolute Gasteiger partial charge is 0.480 e. The first-order valence-electron chi connectivity index (χ1n) is 6.04. The van der Waals surface area contributed by atoms with Gasteiger partial charge in [0.05, 0.1) is 0 Å². The first kappa shape index (κ1) is 16.5. The Kier molecular flexibility index (Phi) is 6.05. The van der Waals surface area contributed by atoms with E-state index in [1.54, 1.807) is 24.5 Å². The minimum absolute atomic E-state index is 0.122. The van der Waals surface area contributed by atoms with Crippen molar-refractivity contribution in [1.29, 1.82) is 0 Å². The summed E-state index contributed by atoms with van der Waals surface area (Å²) < 4.78 is 25.3. The molecule has 7 nitrogen and oxygen atoms in total. The lowest BCUT2D eigenvalue weighted by molar-refractivity contribution is -0.134. The van der Waals surface area contributed by atoms with Crippen LogP contribution in [-0.2, 0) is 21.4 Å². The number of aromatic nitrogens is 1. The highest BCUT2D eigenvalue weighted by Gasteiger charge is 2.25. The van der Waals surface area contributed by atoms with Crippen LogP contribution in [0.15, 0.2) is 24.5 Å². The Morgan fingerprint density at radius 3 is 2.55 bits per heavy atom. The molecular formula is C12H19N3O4S. The second-order valence-electron chi connectivity index (χ2n) is 4.65. The summed E-state index contributed by atoms with van der Waals surface area (Å²) in [5, 5.41) is 8.71. The van der Waals surface area contributed by atoms with Crippen LogP contribution in [0.25, 0.3) is 0 Å². The fraction of sp³-hybridized carbons (Fsp3) is 0.500. The summed E-state index contributed by atoms with van der Waals surface area (Å²) in [7, 11) is -0.185. The summed E-state index contributed by atoms with van der Waals surface area (Å²) in [4.78, 5) is 16.4. The third-order valence-electron chi connectivity index (χ3n) is 2.58. The maximum Gasteiger partial charge on any atom is 0.320 e. The van der Waals surface area contributed by atoms with Crippen LogP contribution in [0.5, 0.6) is 0 Å². The number of aliphatic carboxylic acids is 1. The van der Waals surface area contributed by atoms with E-state index in [4.69, 9.17) is 5.11 Å². The average molecular weight is 301 g/mol. The molecule has 0 aliphatic heterocycles. The number of carbonyl (C=O) groups is 1. The predicted molar refractivity (Wildman–Crippen MR) is 74.6 cm³/mol. The van der Waals surface area contributed by atoms with Crippen LogP contribution in [0.4, 0.5) is 0 Å². The molecule has 112 valence electrons. The molecule has 0 spiro atoms. The van der Waals surface area contributed by atoms with Gasteiger partial charge in [-0.1, -0.05) is 6.07 Å². The minimum atomic E-state index is -3.84. The zero-order valence-electron chi connectivity index (χ0n) is 11.6. The Morgan fingerprint density at radius 1 is 1.35 bits per heavy atom. The molecule has 0 amide bonds. The van der Waals surface area contributed by atoms with Crippen LogP contribution >= 0.6 is 0 Å². The number of rotatable bonds is 8. The molecule has 8 heteroatoms. The second-order valence-corrected chi connectivity index (χ2v) is 6.62. The van der Waals surface area contributed by atoms with Gasteiger partial charge in [0.15, 0.2) is 5.75 Å². The molecule has 0 aromatic carbocycles. The molecule has 1 N–H and O–H groups in total. The molecule has 0 aliphatic carbocycles. The molecule has 1 heterocycles. The van der Waals surface area contributed by atoms with Crippen molar-refractivity contribution in [3.05, 3.63) is 30.1 Å². The van der Waals surface area contributed by atoms with Crippen molar-refractivity contribution in [1.82, 2.24) is 14.2 Å². The Labute approximate surface area is 118 Å². The van der Waals surface area contributed by atoms with Gasteiger partial charge >= 0.3 is 5.97 Å². The Balaban J connectivity index is 2.87. The zero-order chi connectivity index (χ0) is 15.2. The normalized spacial score (nSPS) is 12.0. The molecule has 1 aromatic heterocycles. The molecule has 0 saturated carbocycles. The van der Waals surface area contributed by atoms with Gasteiger partial charge in [0, 0.05) is 32.0 Å². The van der Waals surface area contributed by atoms with Crippen molar-refractivity contribution in [2.45, 2.75) is 6.54 Å². The highest BCUT2D eigenvalue weighted by molar-refractivity contribution is 7.89. The van der Waals surface area contributed by atoms with Crippen LogP contribution in [0, 0.1) is 0 Å². The number of hydrogen-bond acceptors (Lipinski definition) is 5. The number of likely N-dealkylation sites (N-methyl/N-ethyl adjacent to an activating group) is 1. The average Bonchev–Trinajstić information content (AvgIpc) is 2.33. The number of sulfonamides is 1. The van der Waals surface area contributed by atoms with Crippen molar-refractivity contribution >= 4 is 16.0 Å². The first-order chi connectivity index (χ1) is 9.31. The molecule has 0 aliphatic rings. The molecule has 0 radical (unpaired) electrons. The lowest BCUT2D eigenvalue weighted by Crippen LogP contribution is -2.39. The molecule has 0 bridgehead atoms. The smallest absolute Gasteiger partial charge is 0.320 e. The lowest BCUT2D eigenvalue weighted by atomic mass is 10.3. The molecule has 0 unspecified atom stereocenters. The van der Waals surface area contributed by atoms with Gasteiger partial charge in [-0.25, -0.2) is 8.42 Å². The quantitative estimate of drug-likeness (QED) is 0.718. The maximum absolute atomic E-state index is 12.1. The van der Waals surface area contributed by atoms with Gasteiger partial charge in [0.2, 0.25) is 10.0 Å². The monoisotopic (exact) mass is 301 g/mol. The van der Waals surface area contributed by atoms with Crippen molar-refractivity contribution in [2.75, 3.05) is 32.9 Å². The highest BCUT2D eigenvalue weighted by Crippen LogP contribution is 2.09. The maximum atomic E-state index is 12.1. The minimum Gasteiger partial charge on any atom is -0.480 e. The second kappa shape index (κ2) is 7.32. The van der Waals surface area contributed by atoms with Gasteiger partial charge in [0.1, 0.15) is 0 Å². The van der Waals surface area contributed by atoms with Crippen LogP contribution in [-0.4, -0.2) is 66.6 Å². The van der Waals surface area contributed by atoms with Gasteiger partial charge in [-0.05, 0) is 25.7 Å². The van der Waals surface area contributed by atoms with E-state index in [2.05, 4.69) is 4.98 Å². The van der Waals surface area contributed by atoms with E-state index >= 15 is 0 Å². The van der Waals surface area contributed by atoms with Crippen LogP contribution in [0.1, 0.15) is 5.56 Å². The van der Waals surface area contributed by atoms with Crippen molar-refractivity contribution in [3.8, 4) is 0 Å². The van der Waals surface area contributed by atoms with E-state index < -0.39 is 21.7 Å². The fourth-order valence-corrected chi connectivity index (χ4v) is 2.77. The lowest BCUT2D eigenvalue weighted by Gasteiger charge is -2.23. The molecule has 1 rings (SSSR count). The van der Waals surface area contributed by atoms with E-state index in [1.807, 2.05) is 19.0 Å². The summed E-state index contributed by atoms with van der Waals surface area (Å²) in [6, 6.07) is 3.47. The fourth-order valence-electron chi connectivity index (χ4n) is 1.57. The van der Waals surface area contributed by atoms with Gasteiger partial charge in [-0.2, -0.15) is 4.31 Å². The van der Waals surface area contributed by atoms with Crippen molar-refractivity contribution < 1.29 is 18.3 Å². The van der Waals surface area contributed by atoms with Crippen molar-refractivity contribution in [3.63, 3.8) is 0 Å². The molecule has 1 aromatic rings. The van der Waals surface area contributed by atoms with Gasteiger partial charge in [0.25, 0.3) is 0 Å². The highest BCUT2D eigenvalue weighted by atomic mass is 32.2. The summed E-state index contributed by atoms with van der Waals surface area (Å²) in [5.74, 6) is -2.26. The van der Waals surface area contributed by atoms with E-state index in [9.17, 15) is 13.2 Å². The molecule has 0 fully saturated rings. The summed E-state index contributed by atoms with van der Waals surface area (Å²) in [5.41, 5.74) is 0.722. The van der Waals surface area contributed by atoms with Crippen LogP contribution in [0.3, 0.4) is 0 Å². The molecule has 0 saturated heterocycles. The van der Waals surface area contributed by atoms with E-state index in [0.29, 0.717) is 6.54 Å². The van der Waals surface area contributed by atoms with Gasteiger partial charge < -0.3 is 10.0 Å². The number of pyridine rings is 1. The third-order valence-corrected chi connectivity index (χ3v) is 4.29. The number of carboxylic acids is 1. The van der Waals surface area contributed by atoms with Crippen LogP contribution < -0.4 is 0 Å². The first-order valence-corrected chi connectivity index (χ1v) is 7.65. The van der Waals surface area contributed by atoms with Gasteiger partial charge in [-0.15, -0.1) is 0 Å². The summed E-state index contributed by atoms with van der Waals surface area (Å²) in [6.07, 6.45) is 3.17. The van der Waals surface area contributed by atoms with E-state index in [0.717, 1.165) is 5.56 Å². The third kappa shape index (κ3) is 5.64. The van der Waals surface area contributed by atoms with E-state index in [1.165, 1.54) is 4.31 Å².